The Bertz CT molecular complexity index is 822. The van der Waals surface area contributed by atoms with Gasteiger partial charge in [-0.3, -0.25) is 13.8 Å². The van der Waals surface area contributed by atoms with Crippen LogP contribution in [0, 0.1) is 0 Å². The van der Waals surface area contributed by atoms with Gasteiger partial charge in [0, 0.05) is 6.42 Å². The van der Waals surface area contributed by atoms with Crippen LogP contribution in [-0.2, 0) is 18.4 Å². The van der Waals surface area contributed by atoms with Crippen molar-refractivity contribution >= 4 is 13.7 Å². The Kier molecular flexibility index (Phi) is 24.7. The summed E-state index contributed by atoms with van der Waals surface area (Å²) in [5, 5.41) is 63.6. The van der Waals surface area contributed by atoms with E-state index in [0.29, 0.717) is 19.3 Å². The zero-order valence-corrected chi connectivity index (χ0v) is 30.0. The number of carbonyl (C=O) groups is 1. The third-order valence-electron chi connectivity index (χ3n) is 9.17. The molecule has 0 aromatic heterocycles. The lowest BCUT2D eigenvalue weighted by molar-refractivity contribution is -0.220. The molecule has 13 heteroatoms. The van der Waals surface area contributed by atoms with Gasteiger partial charge in [-0.1, -0.05) is 136 Å². The maximum atomic E-state index is 12.8. The molecule has 12 nitrogen and oxygen atoms in total. The van der Waals surface area contributed by atoms with E-state index in [9.17, 15) is 44.9 Å². The standard InChI is InChI=1S/C34H68NO11P/c1-3-5-7-9-11-13-14-16-17-19-21-23-27(36)26(35-28(37)24-22-20-18-15-12-10-8-6-4-2)25-45-47(43,44)46-34-32(41)30(39)29(38)31(40)33(34)42/h26-27,29-34,36,38-42H,3-25H2,1-2H3,(H,35,37)(H,43,44)/t26-,27+,29?,30+,31?,32?,33?,34?/m0/s1. The van der Waals surface area contributed by atoms with Crippen molar-refractivity contribution in [3.05, 3.63) is 0 Å². The monoisotopic (exact) mass is 697 g/mol. The van der Waals surface area contributed by atoms with E-state index in [1.807, 2.05) is 0 Å². The number of amides is 1. The maximum Gasteiger partial charge on any atom is 0.472 e. The summed E-state index contributed by atoms with van der Waals surface area (Å²) in [5.74, 6) is -0.313. The van der Waals surface area contributed by atoms with Crippen molar-refractivity contribution in [3.8, 4) is 0 Å². The van der Waals surface area contributed by atoms with Gasteiger partial charge < -0.3 is 40.8 Å². The molecule has 0 aliphatic heterocycles. The Labute approximate surface area is 283 Å². The fourth-order valence-corrected chi connectivity index (χ4v) is 6.99. The van der Waals surface area contributed by atoms with Crippen LogP contribution in [0.3, 0.4) is 0 Å². The normalized spacial score (nSPS) is 25.7. The Morgan fingerprint density at radius 3 is 1.47 bits per heavy atom. The molecule has 8 N–H and O–H groups in total. The Balaban J connectivity index is 2.60. The van der Waals surface area contributed by atoms with E-state index in [1.165, 1.54) is 77.0 Å². The maximum absolute atomic E-state index is 12.8. The van der Waals surface area contributed by atoms with Gasteiger partial charge in [0.1, 0.15) is 36.6 Å². The summed E-state index contributed by atoms with van der Waals surface area (Å²) in [7, 11) is -5.03. The van der Waals surface area contributed by atoms with Crippen LogP contribution in [0.25, 0.3) is 0 Å². The summed E-state index contributed by atoms with van der Waals surface area (Å²) in [6.07, 6.45) is 10.3. The average Bonchev–Trinajstić information content (AvgIpc) is 3.04. The van der Waals surface area contributed by atoms with Crippen molar-refractivity contribution in [3.63, 3.8) is 0 Å². The van der Waals surface area contributed by atoms with E-state index >= 15 is 0 Å². The molecule has 1 saturated carbocycles. The molecular formula is C34H68NO11P. The quantitative estimate of drug-likeness (QED) is 0.0395. The Morgan fingerprint density at radius 1 is 0.638 bits per heavy atom. The van der Waals surface area contributed by atoms with E-state index in [4.69, 9.17) is 9.05 Å². The minimum Gasteiger partial charge on any atom is -0.391 e. The Hall–Kier alpha value is -0.660. The number of nitrogens with one attached hydrogen (secondary N) is 1. The van der Waals surface area contributed by atoms with Crippen LogP contribution in [0.1, 0.15) is 155 Å². The highest BCUT2D eigenvalue weighted by atomic mass is 31.2. The van der Waals surface area contributed by atoms with Crippen LogP contribution in [0.4, 0.5) is 0 Å². The van der Waals surface area contributed by atoms with E-state index in [2.05, 4.69) is 19.2 Å². The fraction of sp³-hybridized carbons (Fsp3) is 0.971. The topological polar surface area (TPSA) is 206 Å². The summed E-state index contributed by atoms with van der Waals surface area (Å²) in [6.45, 7) is 3.80. The number of rotatable bonds is 29. The van der Waals surface area contributed by atoms with Gasteiger partial charge in [-0.05, 0) is 12.8 Å². The number of hydrogen-bond donors (Lipinski definition) is 8. The molecule has 1 amide bonds. The van der Waals surface area contributed by atoms with Crippen molar-refractivity contribution in [2.45, 2.75) is 204 Å². The molecule has 6 unspecified atom stereocenters. The number of carbonyl (C=O) groups excluding carboxylic acids is 1. The molecule has 1 aliphatic carbocycles. The molecule has 1 fully saturated rings. The van der Waals surface area contributed by atoms with Gasteiger partial charge in [-0.2, -0.15) is 0 Å². The molecule has 0 aromatic carbocycles. The molecule has 0 aromatic rings. The molecule has 0 bridgehead atoms. The predicted octanol–water partition coefficient (Wildman–Crippen LogP) is 4.77. The van der Waals surface area contributed by atoms with Gasteiger partial charge in [0.05, 0.1) is 18.8 Å². The van der Waals surface area contributed by atoms with Gasteiger partial charge >= 0.3 is 7.82 Å². The molecule has 47 heavy (non-hydrogen) atoms. The lowest BCUT2D eigenvalue weighted by Crippen LogP contribution is -2.64. The van der Waals surface area contributed by atoms with Crippen LogP contribution >= 0.6 is 7.82 Å². The van der Waals surface area contributed by atoms with Crippen molar-refractivity contribution in [1.29, 1.82) is 0 Å². The van der Waals surface area contributed by atoms with E-state index in [1.54, 1.807) is 0 Å². The lowest BCUT2D eigenvalue weighted by Gasteiger charge is -2.41. The van der Waals surface area contributed by atoms with Crippen LogP contribution in [0.2, 0.25) is 0 Å². The number of aliphatic hydroxyl groups excluding tert-OH is 6. The molecule has 1 rings (SSSR count). The molecule has 0 spiro atoms. The highest BCUT2D eigenvalue weighted by Gasteiger charge is 2.51. The number of aliphatic hydroxyl groups is 6. The van der Waals surface area contributed by atoms with E-state index in [-0.39, 0.29) is 12.3 Å². The van der Waals surface area contributed by atoms with Crippen LogP contribution in [0.5, 0.6) is 0 Å². The predicted molar refractivity (Wildman–Crippen MR) is 182 cm³/mol. The summed E-state index contributed by atoms with van der Waals surface area (Å²) >= 11 is 0. The highest BCUT2D eigenvalue weighted by Crippen LogP contribution is 2.47. The van der Waals surface area contributed by atoms with Gasteiger partial charge in [0.15, 0.2) is 0 Å². The minimum absolute atomic E-state index is 0.239. The third-order valence-corrected chi connectivity index (χ3v) is 10.2. The second-order valence-electron chi connectivity index (χ2n) is 13.4. The van der Waals surface area contributed by atoms with Gasteiger partial charge in [-0.15, -0.1) is 0 Å². The highest BCUT2D eigenvalue weighted by molar-refractivity contribution is 7.47. The first-order chi connectivity index (χ1) is 22.4. The third kappa shape index (κ3) is 19.4. The second kappa shape index (κ2) is 26.2. The number of phosphoric ester groups is 1. The number of hydrogen-bond acceptors (Lipinski definition) is 10. The molecule has 0 saturated heterocycles. The molecule has 9 atom stereocenters. The zero-order chi connectivity index (χ0) is 35.1. The number of unbranched alkanes of at least 4 members (excludes halogenated alkanes) is 18. The lowest BCUT2D eigenvalue weighted by atomic mass is 9.85. The summed E-state index contributed by atoms with van der Waals surface area (Å²) in [6, 6.07) is -1.02. The summed E-state index contributed by atoms with van der Waals surface area (Å²) < 4.78 is 22.7. The van der Waals surface area contributed by atoms with Gasteiger partial charge in [0.25, 0.3) is 0 Å². The molecule has 0 radical (unpaired) electrons. The van der Waals surface area contributed by atoms with Crippen LogP contribution in [0.15, 0.2) is 0 Å². The van der Waals surface area contributed by atoms with E-state index < -0.39 is 63.2 Å². The van der Waals surface area contributed by atoms with Crippen LogP contribution < -0.4 is 5.32 Å². The van der Waals surface area contributed by atoms with Gasteiger partial charge in [0.2, 0.25) is 5.91 Å². The molecule has 0 heterocycles. The Morgan fingerprint density at radius 2 is 1.02 bits per heavy atom. The van der Waals surface area contributed by atoms with Crippen molar-refractivity contribution < 1.29 is 53.9 Å². The zero-order valence-electron chi connectivity index (χ0n) is 29.1. The smallest absolute Gasteiger partial charge is 0.391 e. The number of phosphoric acid groups is 1. The summed E-state index contributed by atoms with van der Waals surface area (Å²) in [4.78, 5) is 23.1. The first kappa shape index (κ1) is 44.4. The van der Waals surface area contributed by atoms with Crippen molar-refractivity contribution in [1.82, 2.24) is 5.32 Å². The second-order valence-corrected chi connectivity index (χ2v) is 14.8. The van der Waals surface area contributed by atoms with Crippen molar-refractivity contribution in [2.75, 3.05) is 6.61 Å². The van der Waals surface area contributed by atoms with Crippen molar-refractivity contribution in [2.24, 2.45) is 0 Å². The first-order valence-corrected chi connectivity index (χ1v) is 20.0. The van der Waals surface area contributed by atoms with E-state index in [0.717, 1.165) is 38.5 Å². The average molecular weight is 698 g/mol. The molecule has 280 valence electrons. The van der Waals surface area contributed by atoms with Gasteiger partial charge in [-0.25, -0.2) is 4.57 Å². The fourth-order valence-electron chi connectivity index (χ4n) is 6.02. The molecular weight excluding hydrogens is 629 g/mol. The largest absolute Gasteiger partial charge is 0.472 e. The minimum atomic E-state index is -5.03. The summed E-state index contributed by atoms with van der Waals surface area (Å²) in [5.41, 5.74) is 0. The van der Waals surface area contributed by atoms with Crippen LogP contribution in [-0.4, -0.2) is 96.8 Å². The molecule has 1 aliphatic rings. The SMILES string of the molecule is CCCCCCCCCCCCC[C@@H](O)[C@H](COP(=O)(O)OC1C(O)C(O)C(O)[C@@H](O)C1O)NC(=O)CCCCCCCCCCC. The first-order valence-electron chi connectivity index (χ1n) is 18.5.